The van der Waals surface area contributed by atoms with Crippen LogP contribution >= 0.6 is 12.6 Å². The Bertz CT molecular complexity index is 250. The summed E-state index contributed by atoms with van der Waals surface area (Å²) in [6.45, 7) is 2.21. The molecule has 0 aliphatic heterocycles. The Morgan fingerprint density at radius 1 is 1.53 bits per heavy atom. The van der Waals surface area contributed by atoms with E-state index in [1.54, 1.807) is 0 Å². The minimum atomic E-state index is 0.255. The van der Waals surface area contributed by atoms with Gasteiger partial charge < -0.3 is 5.32 Å². The van der Waals surface area contributed by atoms with Crippen molar-refractivity contribution in [3.05, 3.63) is 0 Å². The maximum Gasteiger partial charge on any atom is 0.220 e. The van der Waals surface area contributed by atoms with Crippen LogP contribution in [0.3, 0.4) is 0 Å². The average Bonchev–Trinajstić information content (AvgIpc) is 3.07. The molecule has 2 nitrogen and oxygen atoms in total. The number of carbonyl (C=O) groups is 1. The lowest BCUT2D eigenvalue weighted by molar-refractivity contribution is -0.122. The van der Waals surface area contributed by atoms with E-state index in [9.17, 15) is 4.79 Å². The number of hydrogen-bond donors (Lipinski definition) is 2. The number of thiol groups is 1. The third-order valence-corrected chi connectivity index (χ3v) is 4.43. The molecule has 2 aliphatic rings. The molecule has 1 N–H and O–H groups in total. The Morgan fingerprint density at radius 2 is 2.27 bits per heavy atom. The molecule has 3 heteroatoms. The first kappa shape index (κ1) is 11.3. The number of nitrogens with one attached hydrogen (secondary N) is 1. The molecule has 0 spiro atoms. The van der Waals surface area contributed by atoms with Crippen LogP contribution in [0.25, 0.3) is 0 Å². The highest BCUT2D eigenvalue weighted by atomic mass is 32.1. The van der Waals surface area contributed by atoms with Gasteiger partial charge >= 0.3 is 0 Å². The van der Waals surface area contributed by atoms with Crippen molar-refractivity contribution in [1.82, 2.24) is 5.32 Å². The summed E-state index contributed by atoms with van der Waals surface area (Å²) >= 11 is 4.32. The molecule has 2 saturated carbocycles. The monoisotopic (exact) mass is 227 g/mol. The van der Waals surface area contributed by atoms with Crippen molar-refractivity contribution >= 4 is 18.5 Å². The number of amides is 1. The number of carbonyl (C=O) groups excluding carboxylic acids is 1. The van der Waals surface area contributed by atoms with Gasteiger partial charge in [0.25, 0.3) is 0 Å². The van der Waals surface area contributed by atoms with Crippen molar-refractivity contribution in [3.8, 4) is 0 Å². The van der Waals surface area contributed by atoms with Crippen LogP contribution in [0.2, 0.25) is 0 Å². The maximum atomic E-state index is 11.7. The molecule has 2 atom stereocenters. The van der Waals surface area contributed by atoms with Crippen molar-refractivity contribution in [2.24, 2.45) is 11.3 Å². The Morgan fingerprint density at radius 3 is 2.80 bits per heavy atom. The molecule has 0 saturated heterocycles. The van der Waals surface area contributed by atoms with E-state index in [-0.39, 0.29) is 11.3 Å². The van der Waals surface area contributed by atoms with E-state index >= 15 is 0 Å². The van der Waals surface area contributed by atoms with Gasteiger partial charge in [-0.3, -0.25) is 4.79 Å². The lowest BCUT2D eigenvalue weighted by Crippen LogP contribution is -2.29. The van der Waals surface area contributed by atoms with E-state index in [1.807, 2.05) is 0 Å². The summed E-state index contributed by atoms with van der Waals surface area (Å²) in [5.74, 6) is 1.89. The van der Waals surface area contributed by atoms with Gasteiger partial charge in [-0.05, 0) is 42.8 Å². The van der Waals surface area contributed by atoms with Crippen LogP contribution in [0.4, 0.5) is 0 Å². The van der Waals surface area contributed by atoms with Gasteiger partial charge in [-0.15, -0.1) is 0 Å². The van der Waals surface area contributed by atoms with E-state index in [2.05, 4.69) is 24.9 Å². The first-order valence-corrected chi connectivity index (χ1v) is 6.72. The molecule has 1 amide bonds. The van der Waals surface area contributed by atoms with E-state index in [4.69, 9.17) is 0 Å². The molecule has 86 valence electrons. The molecule has 2 aliphatic carbocycles. The summed E-state index contributed by atoms with van der Waals surface area (Å²) in [7, 11) is 0. The third-order valence-electron chi connectivity index (χ3n) is 3.76. The van der Waals surface area contributed by atoms with Gasteiger partial charge in [-0.25, -0.2) is 0 Å². The van der Waals surface area contributed by atoms with Crippen LogP contribution in [-0.4, -0.2) is 17.7 Å². The molecular formula is C12H21NOS. The molecule has 2 fully saturated rings. The molecule has 0 radical (unpaired) electrons. The second-order valence-electron chi connectivity index (χ2n) is 5.29. The van der Waals surface area contributed by atoms with Crippen molar-refractivity contribution in [2.75, 3.05) is 5.75 Å². The summed E-state index contributed by atoms with van der Waals surface area (Å²) in [5.41, 5.74) is 0.266. The molecule has 0 bridgehead atoms. The zero-order valence-corrected chi connectivity index (χ0v) is 10.4. The van der Waals surface area contributed by atoms with Gasteiger partial charge in [0.1, 0.15) is 0 Å². The predicted molar refractivity (Wildman–Crippen MR) is 65.1 cm³/mol. The van der Waals surface area contributed by atoms with Gasteiger partial charge in [0.15, 0.2) is 0 Å². The quantitative estimate of drug-likeness (QED) is 0.670. The van der Waals surface area contributed by atoms with Crippen LogP contribution in [-0.2, 0) is 4.79 Å². The van der Waals surface area contributed by atoms with Crippen LogP contribution in [0, 0.1) is 11.3 Å². The molecule has 0 aromatic rings. The third kappa shape index (κ3) is 2.90. The second kappa shape index (κ2) is 4.36. The topological polar surface area (TPSA) is 29.1 Å². The van der Waals surface area contributed by atoms with Gasteiger partial charge in [0.2, 0.25) is 5.91 Å². The molecule has 0 aromatic heterocycles. The normalized spacial score (nSPS) is 31.1. The van der Waals surface area contributed by atoms with E-state index < -0.39 is 0 Å². The first-order valence-electron chi connectivity index (χ1n) is 6.09. The summed E-state index contributed by atoms with van der Waals surface area (Å²) in [6, 6.07) is 0.494. The molecular weight excluding hydrogens is 206 g/mol. The Balaban J connectivity index is 1.66. The van der Waals surface area contributed by atoms with Gasteiger partial charge in [0.05, 0.1) is 0 Å². The van der Waals surface area contributed by atoms with Crippen molar-refractivity contribution < 1.29 is 4.79 Å². The highest BCUT2D eigenvalue weighted by molar-refractivity contribution is 7.80. The fraction of sp³-hybridized carbons (Fsp3) is 0.917. The van der Waals surface area contributed by atoms with Gasteiger partial charge in [-0.2, -0.15) is 12.6 Å². The van der Waals surface area contributed by atoms with Crippen molar-refractivity contribution in [2.45, 2.75) is 51.5 Å². The largest absolute Gasteiger partial charge is 0.353 e. The van der Waals surface area contributed by atoms with Crippen LogP contribution in [0.1, 0.15) is 45.4 Å². The van der Waals surface area contributed by atoms with E-state index in [0.717, 1.165) is 11.7 Å². The Kier molecular flexibility index (Phi) is 3.29. The van der Waals surface area contributed by atoms with Gasteiger partial charge in [0, 0.05) is 12.5 Å². The zero-order valence-electron chi connectivity index (χ0n) is 9.46. The minimum absolute atomic E-state index is 0.255. The smallest absolute Gasteiger partial charge is 0.220 e. The Hall–Kier alpha value is -0.180. The summed E-state index contributed by atoms with van der Waals surface area (Å²) in [5, 5.41) is 3.15. The van der Waals surface area contributed by atoms with Crippen molar-refractivity contribution in [3.63, 3.8) is 0 Å². The highest BCUT2D eigenvalue weighted by Gasteiger charge is 2.44. The zero-order chi connectivity index (χ0) is 10.9. The maximum absolute atomic E-state index is 11.7. The van der Waals surface area contributed by atoms with Gasteiger partial charge in [-0.1, -0.05) is 13.3 Å². The second-order valence-corrected chi connectivity index (χ2v) is 5.61. The SMILES string of the molecule is CCCC1CC1NC(=O)CC1(CS)CC1. The summed E-state index contributed by atoms with van der Waals surface area (Å²) in [4.78, 5) is 11.7. The standard InChI is InChI=1S/C12H21NOS/c1-2-3-9-6-10(9)13-11(14)7-12(8-15)4-5-12/h9-10,15H,2-8H2,1H3,(H,13,14). The molecule has 15 heavy (non-hydrogen) atoms. The fourth-order valence-corrected chi connectivity index (χ4v) is 2.71. The summed E-state index contributed by atoms with van der Waals surface area (Å²) in [6.07, 6.45) is 6.78. The highest BCUT2D eigenvalue weighted by Crippen LogP contribution is 2.49. The Labute approximate surface area is 97.6 Å². The molecule has 0 aromatic carbocycles. The molecule has 2 unspecified atom stereocenters. The lowest BCUT2D eigenvalue weighted by Gasteiger charge is -2.11. The number of rotatable bonds is 6. The van der Waals surface area contributed by atoms with Crippen LogP contribution < -0.4 is 5.32 Å². The number of hydrogen-bond acceptors (Lipinski definition) is 2. The van der Waals surface area contributed by atoms with E-state index in [1.165, 1.54) is 32.1 Å². The average molecular weight is 227 g/mol. The van der Waals surface area contributed by atoms with Crippen LogP contribution in [0.5, 0.6) is 0 Å². The fourth-order valence-electron chi connectivity index (χ4n) is 2.28. The molecule has 0 heterocycles. The van der Waals surface area contributed by atoms with Crippen molar-refractivity contribution in [1.29, 1.82) is 0 Å². The van der Waals surface area contributed by atoms with Crippen LogP contribution in [0.15, 0.2) is 0 Å². The first-order chi connectivity index (χ1) is 7.19. The summed E-state index contributed by atoms with van der Waals surface area (Å²) < 4.78 is 0. The van der Waals surface area contributed by atoms with E-state index in [0.29, 0.717) is 12.5 Å². The molecule has 2 rings (SSSR count). The minimum Gasteiger partial charge on any atom is -0.353 e. The lowest BCUT2D eigenvalue weighted by atomic mass is 10.1. The predicted octanol–water partition coefficient (Wildman–Crippen LogP) is 2.39.